The number of nitriles is 4. The van der Waals surface area contributed by atoms with Crippen LogP contribution in [-0.4, -0.2) is 9.13 Å². The van der Waals surface area contributed by atoms with Gasteiger partial charge in [0.05, 0.1) is 85.5 Å². The van der Waals surface area contributed by atoms with Gasteiger partial charge in [-0.05, 0) is 118 Å². The molecule has 0 bridgehead atoms. The van der Waals surface area contributed by atoms with Gasteiger partial charge >= 0.3 is 12.4 Å². The van der Waals surface area contributed by atoms with Crippen molar-refractivity contribution in [2.75, 3.05) is 0 Å². The summed E-state index contributed by atoms with van der Waals surface area (Å²) in [6, 6.07) is 48.5. The Morgan fingerprint density at radius 2 is 0.727 bits per heavy atom. The van der Waals surface area contributed by atoms with E-state index in [1.165, 1.54) is 45.5 Å². The van der Waals surface area contributed by atoms with Crippen LogP contribution in [0, 0.1) is 45.3 Å². The molecule has 66 heavy (non-hydrogen) atoms. The normalized spacial score (nSPS) is 11.7. The molecule has 0 N–H and O–H groups in total. The Labute approximate surface area is 371 Å². The third-order valence-electron chi connectivity index (χ3n) is 11.8. The van der Waals surface area contributed by atoms with Crippen molar-refractivity contribution in [1.29, 1.82) is 21.0 Å². The molecule has 6 nitrogen and oxygen atoms in total. The van der Waals surface area contributed by atoms with Gasteiger partial charge in [0.2, 0.25) is 0 Å². The molecule has 0 fully saturated rings. The third kappa shape index (κ3) is 6.82. The second kappa shape index (κ2) is 15.3. The lowest BCUT2D eigenvalue weighted by Gasteiger charge is -2.23. The fourth-order valence-electron chi connectivity index (χ4n) is 8.96. The Morgan fingerprint density at radius 1 is 0.333 bits per heavy atom. The molecule has 10 rings (SSSR count). The first-order valence-electron chi connectivity index (χ1n) is 20.2. The average Bonchev–Trinajstić information content (AvgIpc) is 3.84. The van der Waals surface area contributed by atoms with E-state index in [4.69, 9.17) is 0 Å². The molecule has 12 heteroatoms. The number of rotatable bonds is 5. The number of nitrogens with zero attached hydrogens (tertiary/aromatic N) is 6. The fraction of sp³-hybridized carbons (Fsp3) is 0.0370. The molecule has 314 valence electrons. The fourth-order valence-corrected chi connectivity index (χ4v) is 8.96. The van der Waals surface area contributed by atoms with Crippen molar-refractivity contribution >= 4 is 43.6 Å². The molecule has 0 aliphatic rings. The van der Waals surface area contributed by atoms with Gasteiger partial charge in [0.25, 0.3) is 0 Å². The van der Waals surface area contributed by atoms with Crippen molar-refractivity contribution in [2.24, 2.45) is 0 Å². The quantitative estimate of drug-likeness (QED) is 0.161. The van der Waals surface area contributed by atoms with Crippen LogP contribution in [0.3, 0.4) is 0 Å². The highest BCUT2D eigenvalue weighted by atomic mass is 19.4. The molecular weight excluding hydrogens is 847 g/mol. The van der Waals surface area contributed by atoms with E-state index < -0.39 is 23.5 Å². The van der Waals surface area contributed by atoms with E-state index in [-0.39, 0.29) is 44.8 Å². The van der Waals surface area contributed by atoms with E-state index in [1.54, 1.807) is 109 Å². The number of aromatic nitrogens is 2. The van der Waals surface area contributed by atoms with Crippen molar-refractivity contribution in [1.82, 2.24) is 9.13 Å². The minimum absolute atomic E-state index is 0.0127. The zero-order valence-corrected chi connectivity index (χ0v) is 34.0. The number of benzene rings is 8. The first-order chi connectivity index (χ1) is 31.8. The lowest BCUT2D eigenvalue weighted by atomic mass is 9.97. The van der Waals surface area contributed by atoms with Crippen molar-refractivity contribution in [3.8, 4) is 69.0 Å². The molecule has 2 heterocycles. The van der Waals surface area contributed by atoms with Crippen molar-refractivity contribution in [3.05, 3.63) is 191 Å². The Kier molecular flexibility index (Phi) is 9.50. The first kappa shape index (κ1) is 40.9. The molecule has 0 aliphatic heterocycles. The van der Waals surface area contributed by atoms with Gasteiger partial charge in [0, 0.05) is 21.5 Å². The maximum atomic E-state index is 16.6. The van der Waals surface area contributed by atoms with Gasteiger partial charge in [0.1, 0.15) is 5.56 Å². The molecule has 0 atom stereocenters. The molecule has 0 amide bonds. The number of hydrogen-bond acceptors (Lipinski definition) is 4. The summed E-state index contributed by atoms with van der Waals surface area (Å²) in [7, 11) is 0. The summed E-state index contributed by atoms with van der Waals surface area (Å²) in [5, 5.41) is 41.4. The molecule has 10 aromatic rings. The predicted octanol–water partition coefficient (Wildman–Crippen LogP) is 14.4. The SMILES string of the molecule is N#Cc1cc(C#N)cc(-c2ccc3c4ccccc4n(-c4cc(-c5cccc(C(F)(F)F)c5)cc(-n5c6ccccc6c6ccc(-c7cc(C#N)cc(C#N)c7)cc65)c4C(F)(F)F)c3c2)c1. The van der Waals surface area contributed by atoms with E-state index >= 15 is 13.2 Å². The number of alkyl halides is 6. The maximum Gasteiger partial charge on any atom is 0.420 e. The van der Waals surface area contributed by atoms with Gasteiger partial charge < -0.3 is 9.13 Å². The van der Waals surface area contributed by atoms with Crippen LogP contribution in [-0.2, 0) is 12.4 Å². The number of para-hydroxylation sites is 2. The third-order valence-corrected chi connectivity index (χ3v) is 11.8. The Bertz CT molecular complexity index is 3580. The van der Waals surface area contributed by atoms with Crippen LogP contribution < -0.4 is 0 Å². The molecule has 0 radical (unpaired) electrons. The molecule has 0 saturated heterocycles. The lowest BCUT2D eigenvalue weighted by molar-refractivity contribution is -0.138. The van der Waals surface area contributed by atoms with Crippen LogP contribution in [0.25, 0.3) is 88.4 Å². The molecule has 2 aromatic heterocycles. The summed E-state index contributed by atoms with van der Waals surface area (Å²) in [6.45, 7) is 0. The summed E-state index contributed by atoms with van der Waals surface area (Å²) in [5.41, 5.74) is 1.42. The van der Waals surface area contributed by atoms with Crippen LogP contribution in [0.1, 0.15) is 33.4 Å². The topological polar surface area (TPSA) is 105 Å². The minimum atomic E-state index is -5.09. The lowest BCUT2D eigenvalue weighted by Crippen LogP contribution is -2.16. The molecule has 8 aromatic carbocycles. The van der Waals surface area contributed by atoms with Crippen LogP contribution in [0.4, 0.5) is 26.3 Å². The van der Waals surface area contributed by atoms with Crippen molar-refractivity contribution < 1.29 is 26.3 Å². The Morgan fingerprint density at radius 3 is 1.14 bits per heavy atom. The summed E-state index contributed by atoms with van der Waals surface area (Å²) >= 11 is 0. The van der Waals surface area contributed by atoms with E-state index in [0.29, 0.717) is 65.9 Å². The Balaban J connectivity index is 1.36. The summed E-state index contributed by atoms with van der Waals surface area (Å²) < 4.78 is 95.6. The highest BCUT2D eigenvalue weighted by Crippen LogP contribution is 2.47. The highest BCUT2D eigenvalue weighted by molar-refractivity contribution is 6.12. The standard InChI is InChI=1S/C54H26F6N6/c55-53(56,57)41-7-5-6-35(22-41)40-25-50(65-46-10-3-1-8-42(46)44-14-12-36(23-48(44)65)38-18-31(27-61)16-32(19-38)28-62)52(54(58,59)60)51(26-40)66-47-11-4-2-9-43(47)45-15-13-37(24-49(45)66)39-20-33(29-63)17-34(21-39)30-64/h1-26H. The average molecular weight is 873 g/mol. The van der Waals surface area contributed by atoms with Gasteiger partial charge in [-0.15, -0.1) is 0 Å². The van der Waals surface area contributed by atoms with Crippen LogP contribution in [0.15, 0.2) is 158 Å². The van der Waals surface area contributed by atoms with Gasteiger partial charge in [-0.1, -0.05) is 72.8 Å². The monoisotopic (exact) mass is 872 g/mol. The van der Waals surface area contributed by atoms with Gasteiger partial charge in [-0.2, -0.15) is 47.4 Å². The van der Waals surface area contributed by atoms with Gasteiger partial charge in [-0.3, -0.25) is 0 Å². The van der Waals surface area contributed by atoms with Gasteiger partial charge in [-0.25, -0.2) is 0 Å². The van der Waals surface area contributed by atoms with E-state index in [0.717, 1.165) is 12.1 Å². The smallest absolute Gasteiger partial charge is 0.309 e. The summed E-state index contributed by atoms with van der Waals surface area (Å²) in [5.74, 6) is 0. The second-order valence-electron chi connectivity index (χ2n) is 15.7. The molecule has 0 unspecified atom stereocenters. The molecular formula is C54H26F6N6. The maximum absolute atomic E-state index is 16.6. The van der Waals surface area contributed by atoms with E-state index in [1.807, 2.05) is 0 Å². The van der Waals surface area contributed by atoms with Crippen molar-refractivity contribution in [2.45, 2.75) is 12.4 Å². The molecule has 0 saturated carbocycles. The zero-order chi connectivity index (χ0) is 46.1. The van der Waals surface area contributed by atoms with E-state index in [2.05, 4.69) is 24.3 Å². The summed E-state index contributed by atoms with van der Waals surface area (Å²) in [4.78, 5) is 0. The highest BCUT2D eigenvalue weighted by Gasteiger charge is 2.40. The van der Waals surface area contributed by atoms with Crippen LogP contribution >= 0.6 is 0 Å². The Hall–Kier alpha value is -9.10. The largest absolute Gasteiger partial charge is 0.420 e. The first-order valence-corrected chi connectivity index (χ1v) is 20.2. The number of halogens is 6. The predicted molar refractivity (Wildman–Crippen MR) is 240 cm³/mol. The second-order valence-corrected chi connectivity index (χ2v) is 15.7. The van der Waals surface area contributed by atoms with Crippen LogP contribution in [0.2, 0.25) is 0 Å². The van der Waals surface area contributed by atoms with Crippen molar-refractivity contribution in [3.63, 3.8) is 0 Å². The van der Waals surface area contributed by atoms with Crippen LogP contribution in [0.5, 0.6) is 0 Å². The number of fused-ring (bicyclic) bond motifs is 6. The zero-order valence-electron chi connectivity index (χ0n) is 34.0. The minimum Gasteiger partial charge on any atom is -0.309 e. The molecule has 0 aliphatic carbocycles. The van der Waals surface area contributed by atoms with E-state index in [9.17, 15) is 34.2 Å². The van der Waals surface area contributed by atoms with Gasteiger partial charge in [0.15, 0.2) is 0 Å². The number of hydrogen-bond donors (Lipinski definition) is 0. The summed E-state index contributed by atoms with van der Waals surface area (Å²) in [6.07, 6.45) is -9.85. The molecule has 0 spiro atoms.